The van der Waals surface area contributed by atoms with Gasteiger partial charge in [0.2, 0.25) is 0 Å². The van der Waals surface area contributed by atoms with Crippen molar-refractivity contribution in [3.8, 4) is 12.1 Å². The molecule has 8 rings (SSSR count). The van der Waals surface area contributed by atoms with E-state index < -0.39 is 0 Å². The fourth-order valence-corrected chi connectivity index (χ4v) is 6.95. The van der Waals surface area contributed by atoms with Crippen LogP contribution < -0.4 is 15.0 Å². The zero-order valence-corrected chi connectivity index (χ0v) is 25.7. The molecule has 2 unspecified atom stereocenters. The predicted molar refractivity (Wildman–Crippen MR) is 191 cm³/mol. The Morgan fingerprint density at radius 1 is 0.660 bits per heavy atom. The molecule has 6 aromatic rings. The highest BCUT2D eigenvalue weighted by atomic mass is 15.2. The third kappa shape index (κ3) is 4.71. The molecule has 0 N–H and O–H groups in total. The molecule has 0 aliphatic heterocycles. The maximum Gasteiger partial charge on any atom is 0.101 e. The van der Waals surface area contributed by atoms with Crippen molar-refractivity contribution in [2.24, 2.45) is 5.92 Å². The Bertz CT molecular complexity index is 2470. The van der Waals surface area contributed by atoms with Gasteiger partial charge in [0.25, 0.3) is 0 Å². The summed E-state index contributed by atoms with van der Waals surface area (Å²) < 4.78 is 0. The summed E-state index contributed by atoms with van der Waals surface area (Å²) in [6.07, 6.45) is 6.11. The van der Waals surface area contributed by atoms with Crippen molar-refractivity contribution in [2.45, 2.75) is 13.0 Å². The molecular weight excluding hydrogens is 573 g/mol. The first-order valence-corrected chi connectivity index (χ1v) is 15.7. The number of benzene rings is 6. The summed E-state index contributed by atoms with van der Waals surface area (Å²) in [5.41, 5.74) is 14.6. The smallest absolute Gasteiger partial charge is 0.101 e. The molecule has 0 saturated heterocycles. The van der Waals surface area contributed by atoms with Gasteiger partial charge >= 0.3 is 0 Å². The van der Waals surface area contributed by atoms with Gasteiger partial charge in [-0.1, -0.05) is 85.5 Å². The molecule has 2 aliphatic rings. The van der Waals surface area contributed by atoms with Crippen molar-refractivity contribution in [1.29, 1.82) is 10.5 Å². The molecule has 2 aliphatic carbocycles. The normalized spacial score (nSPS) is 16.1. The molecule has 0 radical (unpaired) electrons. The average Bonchev–Trinajstić information content (AvgIpc) is 3.13. The highest BCUT2D eigenvalue weighted by Gasteiger charge is 2.30. The number of nitrogens with zero attached hydrogens (tertiary/aromatic N) is 4. The van der Waals surface area contributed by atoms with Crippen LogP contribution in [-0.2, 0) is 0 Å². The van der Waals surface area contributed by atoms with Crippen molar-refractivity contribution in [1.82, 2.24) is 0 Å². The minimum Gasteiger partial charge on any atom is -0.327 e. The van der Waals surface area contributed by atoms with Crippen LogP contribution in [-0.4, -0.2) is 6.04 Å². The Kier molecular flexibility index (Phi) is 6.80. The van der Waals surface area contributed by atoms with Crippen LogP contribution in [0.1, 0.15) is 18.1 Å². The van der Waals surface area contributed by atoms with Gasteiger partial charge in [-0.15, -0.1) is 0 Å². The molecule has 6 aromatic carbocycles. The number of rotatable bonds is 6. The van der Waals surface area contributed by atoms with Gasteiger partial charge in [-0.3, -0.25) is 0 Å². The fourth-order valence-electron chi connectivity index (χ4n) is 6.95. The summed E-state index contributed by atoms with van der Waals surface area (Å²) in [5, 5.41) is 24.6. The lowest BCUT2D eigenvalue weighted by Gasteiger charge is -2.37. The molecule has 0 saturated carbocycles. The molecule has 0 spiro atoms. The SMILES string of the molecule is CC1C=C(C#N)C=CC1N(C1=C=C=c2ccc3c(N(c4ccccc4)c4ccc(C#N)cc4)ccc4ccc1c2c43)c1ccccc1. The second kappa shape index (κ2) is 11.4. The zero-order valence-electron chi connectivity index (χ0n) is 25.7. The van der Waals surface area contributed by atoms with Gasteiger partial charge in [0, 0.05) is 49.6 Å². The summed E-state index contributed by atoms with van der Waals surface area (Å²) in [5.74, 6) is 0.0975. The average molecular weight is 601 g/mol. The number of para-hydroxylation sites is 2. The van der Waals surface area contributed by atoms with E-state index in [2.05, 4.69) is 119 Å². The lowest BCUT2D eigenvalue weighted by molar-refractivity contribution is 0.609. The number of hydrogen-bond donors (Lipinski definition) is 0. The lowest BCUT2D eigenvalue weighted by Crippen LogP contribution is -2.38. The first-order valence-electron chi connectivity index (χ1n) is 15.7. The van der Waals surface area contributed by atoms with Crippen LogP contribution >= 0.6 is 0 Å². The number of anilines is 4. The van der Waals surface area contributed by atoms with Crippen LogP contribution in [0.25, 0.3) is 33.0 Å². The fraction of sp³-hybridized carbons (Fsp3) is 0.0698. The molecule has 47 heavy (non-hydrogen) atoms. The van der Waals surface area contributed by atoms with Crippen molar-refractivity contribution in [3.63, 3.8) is 0 Å². The van der Waals surface area contributed by atoms with E-state index in [4.69, 9.17) is 0 Å². The molecule has 0 heterocycles. The Morgan fingerprint density at radius 3 is 2.06 bits per heavy atom. The summed E-state index contributed by atoms with van der Waals surface area (Å²) in [7, 11) is 0. The van der Waals surface area contributed by atoms with Gasteiger partial charge in [0.05, 0.1) is 29.4 Å². The van der Waals surface area contributed by atoms with Gasteiger partial charge in [0.15, 0.2) is 0 Å². The largest absolute Gasteiger partial charge is 0.327 e. The van der Waals surface area contributed by atoms with E-state index in [0.29, 0.717) is 11.1 Å². The van der Waals surface area contributed by atoms with Crippen LogP contribution in [0.3, 0.4) is 0 Å². The molecule has 2 atom stereocenters. The minimum atomic E-state index is -0.0156. The van der Waals surface area contributed by atoms with Crippen LogP contribution in [0, 0.1) is 28.6 Å². The van der Waals surface area contributed by atoms with E-state index >= 15 is 0 Å². The Morgan fingerprint density at radius 2 is 1.36 bits per heavy atom. The third-order valence-electron chi connectivity index (χ3n) is 9.13. The van der Waals surface area contributed by atoms with Gasteiger partial charge in [0.1, 0.15) is 5.70 Å². The zero-order chi connectivity index (χ0) is 31.9. The van der Waals surface area contributed by atoms with Gasteiger partial charge in [-0.2, -0.15) is 10.5 Å². The van der Waals surface area contributed by atoms with E-state index in [9.17, 15) is 10.5 Å². The molecular formula is C43H28N4. The summed E-state index contributed by atoms with van der Waals surface area (Å²) in [6.45, 7) is 2.16. The van der Waals surface area contributed by atoms with Crippen LogP contribution in [0.15, 0.2) is 151 Å². The second-order valence-electron chi connectivity index (χ2n) is 11.9. The standard InChI is InChI=1S/C43H28N4/c1-29-26-31(28-45)14-23-39(29)47(35-10-6-3-7-11-35)41-25-18-33-15-21-37-40(24-17-32-16-22-38(41)43(33)42(32)37)46(34-8-4-2-5-9-34)36-19-12-30(27-44)13-20-36/h2-17,19-24,26,29,39H,1H3. The highest BCUT2D eigenvalue weighted by Crippen LogP contribution is 2.43. The van der Waals surface area contributed by atoms with Gasteiger partial charge in [-0.25, -0.2) is 0 Å². The van der Waals surface area contributed by atoms with Crippen molar-refractivity contribution in [3.05, 3.63) is 167 Å². The van der Waals surface area contributed by atoms with Crippen LogP contribution in [0.2, 0.25) is 0 Å². The van der Waals surface area contributed by atoms with E-state index in [1.54, 1.807) is 0 Å². The summed E-state index contributed by atoms with van der Waals surface area (Å²) in [6, 6.07) is 46.2. The Labute approximate surface area is 273 Å². The third-order valence-corrected chi connectivity index (χ3v) is 9.13. The molecule has 0 aromatic heterocycles. The van der Waals surface area contributed by atoms with Gasteiger partial charge < -0.3 is 9.80 Å². The van der Waals surface area contributed by atoms with E-state index in [1.807, 2.05) is 60.7 Å². The second-order valence-corrected chi connectivity index (χ2v) is 11.9. The Hall–Kier alpha value is -6.54. The molecule has 220 valence electrons. The summed E-state index contributed by atoms with van der Waals surface area (Å²) >= 11 is 0. The van der Waals surface area contributed by atoms with E-state index in [-0.39, 0.29) is 12.0 Å². The number of hydrogen-bond acceptors (Lipinski definition) is 4. The van der Waals surface area contributed by atoms with Crippen molar-refractivity contribution < 1.29 is 0 Å². The lowest BCUT2D eigenvalue weighted by atomic mass is 9.88. The maximum absolute atomic E-state index is 9.59. The monoisotopic (exact) mass is 600 g/mol. The molecule has 4 nitrogen and oxygen atoms in total. The predicted octanol–water partition coefficient (Wildman–Crippen LogP) is 9.47. The van der Waals surface area contributed by atoms with Crippen molar-refractivity contribution >= 4 is 55.7 Å². The first-order chi connectivity index (χ1) is 23.1. The summed E-state index contributed by atoms with van der Waals surface area (Å²) in [4.78, 5) is 4.59. The molecule has 4 heteroatoms. The molecule has 0 fully saturated rings. The van der Waals surface area contributed by atoms with Crippen LogP contribution in [0.5, 0.6) is 0 Å². The Balaban J connectivity index is 1.35. The van der Waals surface area contributed by atoms with E-state index in [0.717, 1.165) is 55.4 Å². The first kappa shape index (κ1) is 28.0. The highest BCUT2D eigenvalue weighted by molar-refractivity contribution is 6.19. The number of nitriles is 2. The molecule has 0 bridgehead atoms. The van der Waals surface area contributed by atoms with Crippen LogP contribution in [0.4, 0.5) is 22.7 Å². The topological polar surface area (TPSA) is 54.1 Å². The van der Waals surface area contributed by atoms with E-state index in [1.165, 1.54) is 5.39 Å². The number of allylic oxidation sites excluding steroid dienone is 2. The van der Waals surface area contributed by atoms with Gasteiger partial charge in [-0.05, 0) is 83.8 Å². The molecule has 0 amide bonds. The minimum absolute atomic E-state index is 0.0156. The maximum atomic E-state index is 9.59. The van der Waals surface area contributed by atoms with Crippen molar-refractivity contribution in [2.75, 3.05) is 9.80 Å². The quantitative estimate of drug-likeness (QED) is 0.179.